The van der Waals surface area contributed by atoms with Crippen LogP contribution in [-0.2, 0) is 24.3 Å². The Hall–Kier alpha value is -4.27. The molecule has 0 bridgehead atoms. The van der Waals surface area contributed by atoms with Crippen LogP contribution >= 0.6 is 0 Å². The highest BCUT2D eigenvalue weighted by molar-refractivity contribution is 7.89. The van der Waals surface area contributed by atoms with E-state index in [1.54, 1.807) is 36.4 Å². The molecule has 0 saturated heterocycles. The number of nitriles is 1. The lowest BCUT2D eigenvalue weighted by Crippen LogP contribution is -2.39. The normalized spacial score (nSPS) is 11.9. The molecule has 0 amide bonds. The van der Waals surface area contributed by atoms with Crippen molar-refractivity contribution in [2.24, 2.45) is 0 Å². The first-order valence-electron chi connectivity index (χ1n) is 11.0. The number of aromatic nitrogens is 1. The molecular formula is C26H25N3O7S. The zero-order chi connectivity index (χ0) is 27.2. The number of nitrogens with zero attached hydrogens (tertiary/aromatic N) is 3. The van der Waals surface area contributed by atoms with E-state index in [2.05, 4.69) is 4.98 Å². The zero-order valence-corrected chi connectivity index (χ0v) is 21.5. The van der Waals surface area contributed by atoms with E-state index in [9.17, 15) is 18.0 Å². The molecular weight excluding hydrogens is 498 g/mol. The molecule has 1 aromatic heterocycles. The van der Waals surface area contributed by atoms with Gasteiger partial charge in [0.15, 0.2) is 0 Å². The van der Waals surface area contributed by atoms with E-state index in [4.69, 9.17) is 19.5 Å². The van der Waals surface area contributed by atoms with Gasteiger partial charge in [-0.25, -0.2) is 18.2 Å². The van der Waals surface area contributed by atoms with Gasteiger partial charge in [0, 0.05) is 6.07 Å². The number of methoxy groups -OCH3 is 2. The third-order valence-electron chi connectivity index (χ3n) is 5.48. The molecule has 0 saturated carbocycles. The van der Waals surface area contributed by atoms with Crippen molar-refractivity contribution in [3.63, 3.8) is 0 Å². The molecule has 3 rings (SSSR count). The number of sulfonamides is 1. The number of carbonyl (C=O) groups is 2. The third-order valence-corrected chi connectivity index (χ3v) is 7.41. The van der Waals surface area contributed by atoms with E-state index >= 15 is 0 Å². The Morgan fingerprint density at radius 2 is 1.65 bits per heavy atom. The molecule has 0 aliphatic carbocycles. The summed E-state index contributed by atoms with van der Waals surface area (Å²) in [6.45, 7) is 2.68. The molecule has 0 radical (unpaired) electrons. The number of carbonyl (C=O) groups excluding carboxylic acids is 2. The first kappa shape index (κ1) is 27.3. The number of benzene rings is 2. The van der Waals surface area contributed by atoms with Crippen LogP contribution in [0.15, 0.2) is 65.6 Å². The summed E-state index contributed by atoms with van der Waals surface area (Å²) in [6, 6.07) is 16.1. The van der Waals surface area contributed by atoms with Crippen molar-refractivity contribution in [1.82, 2.24) is 9.29 Å². The second-order valence-corrected chi connectivity index (χ2v) is 9.82. The highest BCUT2D eigenvalue weighted by atomic mass is 32.2. The van der Waals surface area contributed by atoms with Crippen LogP contribution in [0.4, 0.5) is 0 Å². The van der Waals surface area contributed by atoms with Crippen molar-refractivity contribution in [2.75, 3.05) is 20.8 Å². The lowest BCUT2D eigenvalue weighted by atomic mass is 10.1. The molecule has 0 aliphatic heterocycles. The maximum Gasteiger partial charge on any atom is 0.339 e. The van der Waals surface area contributed by atoms with Crippen LogP contribution in [0.3, 0.4) is 0 Å². The second kappa shape index (κ2) is 11.6. The number of esters is 2. The SMILES string of the molecule is COC(=O)CN(C(C)c1nc(Oc2ccc(C#N)cc2)ccc1C(=O)OC)S(=O)(=O)c1ccc(C)cc1. The van der Waals surface area contributed by atoms with Gasteiger partial charge >= 0.3 is 11.9 Å². The molecule has 2 aromatic carbocycles. The molecule has 0 aliphatic rings. The molecule has 3 aromatic rings. The Kier molecular flexibility index (Phi) is 8.60. The summed E-state index contributed by atoms with van der Waals surface area (Å²) >= 11 is 0. The quantitative estimate of drug-likeness (QED) is 0.384. The fourth-order valence-electron chi connectivity index (χ4n) is 3.44. The number of pyridine rings is 1. The average Bonchev–Trinajstić information content (AvgIpc) is 2.91. The number of ether oxygens (including phenoxy) is 3. The van der Waals surface area contributed by atoms with E-state index < -0.39 is 34.5 Å². The van der Waals surface area contributed by atoms with Crippen LogP contribution in [0.5, 0.6) is 11.6 Å². The Bertz CT molecular complexity index is 1430. The monoisotopic (exact) mass is 523 g/mol. The molecule has 1 heterocycles. The van der Waals surface area contributed by atoms with Crippen molar-refractivity contribution < 1.29 is 32.2 Å². The maximum absolute atomic E-state index is 13.6. The van der Waals surface area contributed by atoms with Gasteiger partial charge in [-0.05, 0) is 56.3 Å². The number of rotatable bonds is 9. The van der Waals surface area contributed by atoms with Crippen molar-refractivity contribution >= 4 is 22.0 Å². The molecule has 0 N–H and O–H groups in total. The summed E-state index contributed by atoms with van der Waals surface area (Å²) in [5, 5.41) is 8.98. The highest BCUT2D eigenvalue weighted by Gasteiger charge is 2.35. The van der Waals surface area contributed by atoms with Crippen molar-refractivity contribution in [2.45, 2.75) is 24.8 Å². The Balaban J connectivity index is 2.10. The molecule has 10 nitrogen and oxygen atoms in total. The highest BCUT2D eigenvalue weighted by Crippen LogP contribution is 2.31. The van der Waals surface area contributed by atoms with E-state index in [1.165, 1.54) is 38.3 Å². The number of hydrogen-bond acceptors (Lipinski definition) is 9. The van der Waals surface area contributed by atoms with Gasteiger partial charge in [0.05, 0.1) is 48.0 Å². The predicted octanol–water partition coefficient (Wildman–Crippen LogP) is 3.77. The maximum atomic E-state index is 13.6. The van der Waals surface area contributed by atoms with Gasteiger partial charge in [-0.3, -0.25) is 4.79 Å². The smallest absolute Gasteiger partial charge is 0.339 e. The Morgan fingerprint density at radius 3 is 2.22 bits per heavy atom. The second-order valence-electron chi connectivity index (χ2n) is 7.93. The Labute approximate surface area is 215 Å². The summed E-state index contributed by atoms with van der Waals surface area (Å²) in [6.07, 6.45) is 0. The molecule has 11 heteroatoms. The van der Waals surface area contributed by atoms with Crippen LogP contribution in [0, 0.1) is 18.3 Å². The largest absolute Gasteiger partial charge is 0.468 e. The van der Waals surface area contributed by atoms with Crippen LogP contribution in [0.2, 0.25) is 0 Å². The number of hydrogen-bond donors (Lipinski definition) is 0. The van der Waals surface area contributed by atoms with Crippen LogP contribution in [0.25, 0.3) is 0 Å². The lowest BCUT2D eigenvalue weighted by Gasteiger charge is -2.28. The summed E-state index contributed by atoms with van der Waals surface area (Å²) in [7, 11) is -1.90. The first-order chi connectivity index (χ1) is 17.6. The number of aryl methyl sites for hydroxylation is 1. The lowest BCUT2D eigenvalue weighted by molar-refractivity contribution is -0.141. The third kappa shape index (κ3) is 6.30. The van der Waals surface area contributed by atoms with Crippen molar-refractivity contribution in [3.05, 3.63) is 83.0 Å². The van der Waals surface area contributed by atoms with Gasteiger partial charge in [0.25, 0.3) is 0 Å². The zero-order valence-electron chi connectivity index (χ0n) is 20.7. The van der Waals surface area contributed by atoms with Gasteiger partial charge in [0.2, 0.25) is 15.9 Å². The summed E-state index contributed by atoms with van der Waals surface area (Å²) in [5.74, 6) is -1.11. The fourth-order valence-corrected chi connectivity index (χ4v) is 4.98. The van der Waals surface area contributed by atoms with E-state index in [0.29, 0.717) is 11.3 Å². The van der Waals surface area contributed by atoms with Crippen LogP contribution in [0.1, 0.15) is 40.1 Å². The average molecular weight is 524 g/mol. The van der Waals surface area contributed by atoms with Crippen LogP contribution < -0.4 is 4.74 Å². The first-order valence-corrected chi connectivity index (χ1v) is 12.5. The molecule has 37 heavy (non-hydrogen) atoms. The van der Waals surface area contributed by atoms with E-state index in [-0.39, 0.29) is 22.0 Å². The van der Waals surface area contributed by atoms with Gasteiger partial charge < -0.3 is 14.2 Å². The predicted molar refractivity (Wildman–Crippen MR) is 132 cm³/mol. The summed E-state index contributed by atoms with van der Waals surface area (Å²) in [4.78, 5) is 29.1. The minimum atomic E-state index is -4.23. The van der Waals surface area contributed by atoms with Gasteiger partial charge in [0.1, 0.15) is 12.3 Å². The summed E-state index contributed by atoms with van der Waals surface area (Å²) in [5.41, 5.74) is 1.30. The van der Waals surface area contributed by atoms with Gasteiger partial charge in [-0.2, -0.15) is 9.57 Å². The van der Waals surface area contributed by atoms with Crippen molar-refractivity contribution in [1.29, 1.82) is 5.26 Å². The standard InChI is InChI=1S/C26H25N3O7S/c1-17-5-11-21(12-6-17)37(32,33)29(16-24(30)34-3)18(2)25-22(26(31)35-4)13-14-23(28-25)36-20-9-7-19(15-27)8-10-20/h5-14,18H,16H2,1-4H3. The molecule has 1 atom stereocenters. The molecule has 1 unspecified atom stereocenters. The van der Waals surface area contributed by atoms with Crippen LogP contribution in [-0.4, -0.2) is 50.4 Å². The van der Waals surface area contributed by atoms with E-state index in [1.807, 2.05) is 13.0 Å². The minimum absolute atomic E-state index is 0.00356. The minimum Gasteiger partial charge on any atom is -0.468 e. The van der Waals surface area contributed by atoms with Crippen molar-refractivity contribution in [3.8, 4) is 17.7 Å². The fraction of sp³-hybridized carbons (Fsp3) is 0.231. The summed E-state index contributed by atoms with van der Waals surface area (Å²) < 4.78 is 43.5. The topological polar surface area (TPSA) is 136 Å². The molecule has 0 fully saturated rings. The van der Waals surface area contributed by atoms with Gasteiger partial charge in [-0.1, -0.05) is 17.7 Å². The Morgan fingerprint density at radius 1 is 1.00 bits per heavy atom. The van der Waals surface area contributed by atoms with E-state index in [0.717, 1.165) is 17.0 Å². The van der Waals surface area contributed by atoms with Gasteiger partial charge in [-0.15, -0.1) is 0 Å². The molecule has 0 spiro atoms. The molecule has 192 valence electrons.